The van der Waals surface area contributed by atoms with Crippen molar-refractivity contribution in [1.82, 2.24) is 25.1 Å². The Morgan fingerprint density at radius 1 is 1.02 bits per heavy atom. The van der Waals surface area contributed by atoms with E-state index in [0.717, 1.165) is 27.4 Å². The molecule has 2 heterocycles. The van der Waals surface area contributed by atoms with Gasteiger partial charge in [0.15, 0.2) is 22.5 Å². The monoisotopic (exact) mass is 605 g/mol. The third kappa shape index (κ3) is 6.73. The summed E-state index contributed by atoms with van der Waals surface area (Å²) in [5.41, 5.74) is 4.33. The molecule has 11 heteroatoms. The minimum Gasteiger partial charge on any atom is -0.493 e. The summed E-state index contributed by atoms with van der Waals surface area (Å²) >= 11 is 9.46. The van der Waals surface area contributed by atoms with E-state index in [2.05, 4.69) is 32.6 Å². The van der Waals surface area contributed by atoms with E-state index >= 15 is 0 Å². The number of amides is 1. The second-order valence-electron chi connectivity index (χ2n) is 9.07. The quantitative estimate of drug-likeness (QED) is 0.169. The molecule has 2 aromatic heterocycles. The predicted octanol–water partition coefficient (Wildman–Crippen LogP) is 6.63. The normalized spacial score (nSPS) is 10.9. The molecule has 8 nitrogen and oxygen atoms in total. The number of thiazole rings is 1. The van der Waals surface area contributed by atoms with Crippen molar-refractivity contribution in [3.8, 4) is 28.6 Å². The number of aromatic nitrogens is 4. The largest absolute Gasteiger partial charge is 0.493 e. The number of aryl methyl sites for hydroxylation is 1. The average molecular weight is 606 g/mol. The van der Waals surface area contributed by atoms with Crippen molar-refractivity contribution in [2.75, 3.05) is 20.8 Å². The first-order valence-corrected chi connectivity index (χ1v) is 15.0. The summed E-state index contributed by atoms with van der Waals surface area (Å²) in [4.78, 5) is 17.3. The van der Waals surface area contributed by atoms with Crippen LogP contribution in [0.2, 0.25) is 5.02 Å². The van der Waals surface area contributed by atoms with Crippen molar-refractivity contribution in [2.24, 2.45) is 0 Å². The van der Waals surface area contributed by atoms with Crippen LogP contribution in [-0.4, -0.2) is 46.4 Å². The Labute approximate surface area is 251 Å². The lowest BCUT2D eigenvalue weighted by atomic mass is 10.1. The maximum absolute atomic E-state index is 12.7. The molecule has 5 aromatic rings. The van der Waals surface area contributed by atoms with Gasteiger partial charge in [-0.05, 0) is 55.3 Å². The van der Waals surface area contributed by atoms with Crippen molar-refractivity contribution < 1.29 is 14.3 Å². The molecule has 1 amide bonds. The van der Waals surface area contributed by atoms with Crippen LogP contribution in [0.1, 0.15) is 26.6 Å². The lowest BCUT2D eigenvalue weighted by Crippen LogP contribution is -2.26. The minimum absolute atomic E-state index is 0.207. The first-order chi connectivity index (χ1) is 20.0. The number of rotatable bonds is 11. The van der Waals surface area contributed by atoms with Gasteiger partial charge in [0.05, 0.1) is 25.0 Å². The highest BCUT2D eigenvalue weighted by Gasteiger charge is 2.19. The van der Waals surface area contributed by atoms with Crippen LogP contribution in [0.3, 0.4) is 0 Å². The number of ether oxygens (including phenoxy) is 2. The van der Waals surface area contributed by atoms with E-state index in [1.807, 2.05) is 66.1 Å². The van der Waals surface area contributed by atoms with Crippen molar-refractivity contribution in [3.05, 3.63) is 99.0 Å². The number of hydrogen-bond donors (Lipinski definition) is 1. The maximum Gasteiger partial charge on any atom is 0.270 e. The second-order valence-corrected chi connectivity index (χ2v) is 11.4. The van der Waals surface area contributed by atoms with Gasteiger partial charge in [0.25, 0.3) is 5.91 Å². The molecule has 41 heavy (non-hydrogen) atoms. The SMILES string of the molecule is COc1ccc(CCNC(=O)c2csc(CSc3nnc(-c4ccccc4Cl)n3-c3ccc(C)cc3)n2)cc1OC. The lowest BCUT2D eigenvalue weighted by Gasteiger charge is -2.11. The summed E-state index contributed by atoms with van der Waals surface area (Å²) in [5, 5.41) is 15.8. The molecule has 210 valence electrons. The zero-order valence-corrected chi connectivity index (χ0v) is 25.1. The van der Waals surface area contributed by atoms with Crippen LogP contribution in [-0.2, 0) is 12.2 Å². The van der Waals surface area contributed by atoms with Gasteiger partial charge >= 0.3 is 0 Å². The molecule has 0 aliphatic heterocycles. The number of thioether (sulfide) groups is 1. The Bertz CT molecular complexity index is 1650. The zero-order chi connectivity index (χ0) is 28.8. The number of nitrogens with zero attached hydrogens (tertiary/aromatic N) is 4. The molecule has 0 spiro atoms. The number of hydrogen-bond acceptors (Lipinski definition) is 8. The van der Waals surface area contributed by atoms with Crippen molar-refractivity contribution in [3.63, 3.8) is 0 Å². The van der Waals surface area contributed by atoms with Crippen molar-refractivity contribution in [2.45, 2.75) is 24.3 Å². The summed E-state index contributed by atoms with van der Waals surface area (Å²) in [6.45, 7) is 2.52. The third-order valence-electron chi connectivity index (χ3n) is 6.30. The Balaban J connectivity index is 1.25. The molecule has 0 saturated heterocycles. The van der Waals surface area contributed by atoms with E-state index in [1.54, 1.807) is 19.6 Å². The van der Waals surface area contributed by atoms with E-state index in [0.29, 0.717) is 51.9 Å². The van der Waals surface area contributed by atoms with Gasteiger partial charge in [0, 0.05) is 23.2 Å². The Kier molecular flexibility index (Phi) is 9.23. The van der Waals surface area contributed by atoms with Gasteiger partial charge in [-0.25, -0.2) is 4.98 Å². The molecule has 0 saturated carbocycles. The minimum atomic E-state index is -0.207. The van der Waals surface area contributed by atoms with Crippen molar-refractivity contribution >= 4 is 40.6 Å². The molecule has 1 N–H and O–H groups in total. The summed E-state index contributed by atoms with van der Waals surface area (Å²) in [7, 11) is 3.21. The van der Waals surface area contributed by atoms with E-state index < -0.39 is 0 Å². The third-order valence-corrected chi connectivity index (χ3v) is 8.60. The molecule has 0 unspecified atom stereocenters. The fourth-order valence-electron chi connectivity index (χ4n) is 4.16. The summed E-state index contributed by atoms with van der Waals surface area (Å²) < 4.78 is 12.6. The zero-order valence-electron chi connectivity index (χ0n) is 22.8. The van der Waals surface area contributed by atoms with E-state index in [4.69, 9.17) is 21.1 Å². The van der Waals surface area contributed by atoms with Crippen LogP contribution in [0.5, 0.6) is 11.5 Å². The van der Waals surface area contributed by atoms with Gasteiger partial charge in [0.2, 0.25) is 0 Å². The van der Waals surface area contributed by atoms with Crippen LogP contribution in [0.4, 0.5) is 0 Å². The molecule has 0 bridgehead atoms. The number of benzene rings is 3. The maximum atomic E-state index is 12.7. The molecule has 0 aliphatic rings. The summed E-state index contributed by atoms with van der Waals surface area (Å²) in [5.74, 6) is 2.33. The Hall–Kier alpha value is -3.86. The first kappa shape index (κ1) is 28.7. The fraction of sp³-hybridized carbons (Fsp3) is 0.200. The van der Waals surface area contributed by atoms with Gasteiger partial charge in [-0.2, -0.15) is 0 Å². The van der Waals surface area contributed by atoms with Crippen LogP contribution in [0.25, 0.3) is 17.1 Å². The van der Waals surface area contributed by atoms with Crippen LogP contribution in [0.15, 0.2) is 77.3 Å². The summed E-state index contributed by atoms with van der Waals surface area (Å²) in [6, 6.07) is 21.5. The molecular weight excluding hydrogens is 578 g/mol. The first-order valence-electron chi connectivity index (χ1n) is 12.8. The fourth-order valence-corrected chi connectivity index (χ4v) is 6.13. The molecule has 0 fully saturated rings. The van der Waals surface area contributed by atoms with Gasteiger partial charge in [-0.15, -0.1) is 21.5 Å². The Morgan fingerprint density at radius 3 is 2.56 bits per heavy atom. The second kappa shape index (κ2) is 13.2. The highest BCUT2D eigenvalue weighted by Crippen LogP contribution is 2.33. The van der Waals surface area contributed by atoms with Crippen LogP contribution >= 0.6 is 34.7 Å². The van der Waals surface area contributed by atoms with E-state index in [1.165, 1.54) is 23.1 Å². The summed E-state index contributed by atoms with van der Waals surface area (Å²) in [6.07, 6.45) is 0.654. The lowest BCUT2D eigenvalue weighted by molar-refractivity contribution is 0.0949. The molecular formula is C30H28ClN5O3S2. The molecule has 0 radical (unpaired) electrons. The number of carbonyl (C=O) groups is 1. The Morgan fingerprint density at radius 2 is 1.80 bits per heavy atom. The number of carbonyl (C=O) groups excluding carboxylic acids is 1. The van der Waals surface area contributed by atoms with Crippen LogP contribution < -0.4 is 14.8 Å². The van der Waals surface area contributed by atoms with Gasteiger partial charge in [-0.1, -0.05) is 59.3 Å². The number of nitrogens with one attached hydrogen (secondary N) is 1. The van der Waals surface area contributed by atoms with Crippen molar-refractivity contribution in [1.29, 1.82) is 0 Å². The van der Waals surface area contributed by atoms with Gasteiger partial charge < -0.3 is 14.8 Å². The van der Waals surface area contributed by atoms with Gasteiger partial charge in [-0.3, -0.25) is 9.36 Å². The molecule has 0 aliphatic carbocycles. The molecule has 0 atom stereocenters. The average Bonchev–Trinajstić information content (AvgIpc) is 3.64. The topological polar surface area (TPSA) is 91.2 Å². The molecule has 3 aromatic carbocycles. The van der Waals surface area contributed by atoms with E-state index in [9.17, 15) is 4.79 Å². The highest BCUT2D eigenvalue weighted by atomic mass is 35.5. The van der Waals surface area contributed by atoms with E-state index in [-0.39, 0.29) is 5.91 Å². The highest BCUT2D eigenvalue weighted by molar-refractivity contribution is 7.98. The molecule has 5 rings (SSSR count). The predicted molar refractivity (Wildman–Crippen MR) is 164 cm³/mol. The van der Waals surface area contributed by atoms with Crippen LogP contribution in [0, 0.1) is 6.92 Å². The smallest absolute Gasteiger partial charge is 0.270 e. The standard InChI is InChI=1S/C30H28ClN5O3S2/c1-19-8-11-21(12-9-19)36-28(22-6-4-5-7-23(22)31)34-35-30(36)41-18-27-33-24(17-40-27)29(37)32-15-14-20-10-13-25(38-2)26(16-20)39-3/h4-13,16-17H,14-15,18H2,1-3H3,(H,32,37). The number of methoxy groups -OCH3 is 2. The number of halogens is 1. The van der Waals surface area contributed by atoms with Gasteiger partial charge in [0.1, 0.15) is 10.7 Å².